The molecule has 2 rings (SSSR count). The smallest absolute Gasteiger partial charge is 0.247 e. The molecule has 4 nitrogen and oxygen atoms in total. The van der Waals surface area contributed by atoms with Crippen LogP contribution in [0, 0.1) is 5.82 Å². The molecule has 0 fully saturated rings. The van der Waals surface area contributed by atoms with Crippen LogP contribution < -0.4 is 11.1 Å². The van der Waals surface area contributed by atoms with Crippen LogP contribution in [0.5, 0.6) is 0 Å². The molecule has 88 valence electrons. The average molecular weight is 251 g/mol. The molecule has 3 N–H and O–H groups in total. The van der Waals surface area contributed by atoms with Crippen molar-refractivity contribution in [2.24, 2.45) is 5.73 Å². The van der Waals surface area contributed by atoms with E-state index >= 15 is 0 Å². The zero-order valence-corrected chi connectivity index (χ0v) is 9.58. The van der Waals surface area contributed by atoms with E-state index in [1.54, 1.807) is 29.8 Å². The lowest BCUT2D eigenvalue weighted by atomic mass is 10.2. The highest BCUT2D eigenvalue weighted by atomic mass is 32.1. The van der Waals surface area contributed by atoms with Gasteiger partial charge in [0.15, 0.2) is 6.04 Å². The lowest BCUT2D eigenvalue weighted by molar-refractivity contribution is -0.118. The molecule has 0 aliphatic heterocycles. The molecule has 0 radical (unpaired) electrons. The molecule has 0 saturated carbocycles. The zero-order chi connectivity index (χ0) is 12.3. The third-order valence-corrected chi connectivity index (χ3v) is 3.00. The van der Waals surface area contributed by atoms with Gasteiger partial charge in [0.05, 0.1) is 5.69 Å². The summed E-state index contributed by atoms with van der Waals surface area (Å²) in [6, 6.07) is 5.28. The number of anilines is 1. The number of halogens is 1. The maximum Gasteiger partial charge on any atom is 0.247 e. The Hall–Kier alpha value is -1.95. The van der Waals surface area contributed by atoms with Crippen molar-refractivity contribution >= 4 is 22.9 Å². The van der Waals surface area contributed by atoms with Crippen LogP contribution in [-0.4, -0.2) is 10.9 Å². The maximum atomic E-state index is 13.4. The summed E-state index contributed by atoms with van der Waals surface area (Å²) in [6.07, 6.45) is 1.57. The fourth-order valence-electron chi connectivity index (χ4n) is 1.37. The van der Waals surface area contributed by atoms with Gasteiger partial charge in [-0.3, -0.25) is 4.79 Å². The Labute approximate surface area is 101 Å². The molecule has 1 amide bonds. The van der Waals surface area contributed by atoms with Crippen LogP contribution in [-0.2, 0) is 4.79 Å². The van der Waals surface area contributed by atoms with E-state index in [0.717, 1.165) is 0 Å². The number of nitrogens with one attached hydrogen (secondary N) is 1. The Kier molecular flexibility index (Phi) is 3.34. The van der Waals surface area contributed by atoms with Crippen molar-refractivity contribution in [2.75, 3.05) is 5.32 Å². The second-order valence-corrected chi connectivity index (χ2v) is 4.26. The van der Waals surface area contributed by atoms with Crippen LogP contribution in [0.15, 0.2) is 35.8 Å². The molecule has 2 aromatic rings. The predicted octanol–water partition coefficient (Wildman–Crippen LogP) is 1.92. The van der Waals surface area contributed by atoms with Crippen molar-refractivity contribution in [1.82, 2.24) is 4.98 Å². The summed E-state index contributed by atoms with van der Waals surface area (Å²) >= 11 is 1.29. The van der Waals surface area contributed by atoms with Gasteiger partial charge < -0.3 is 11.1 Å². The number of aromatic nitrogens is 1. The summed E-state index contributed by atoms with van der Waals surface area (Å²) in [4.78, 5) is 15.3. The molecule has 0 bridgehead atoms. The van der Waals surface area contributed by atoms with Gasteiger partial charge in [-0.15, -0.1) is 11.3 Å². The van der Waals surface area contributed by atoms with Crippen molar-refractivity contribution in [3.8, 4) is 0 Å². The second kappa shape index (κ2) is 4.92. The number of primary amides is 1. The average Bonchev–Trinajstić information content (AvgIpc) is 2.81. The van der Waals surface area contributed by atoms with Gasteiger partial charge in [0.2, 0.25) is 5.91 Å². The van der Waals surface area contributed by atoms with E-state index < -0.39 is 17.8 Å². The normalized spacial score (nSPS) is 12.1. The Balaban J connectivity index is 2.26. The fraction of sp³-hybridized carbons (Fsp3) is 0.0909. The molecule has 1 unspecified atom stereocenters. The Morgan fingerprint density at radius 3 is 2.82 bits per heavy atom. The van der Waals surface area contributed by atoms with Crippen LogP contribution in [0.25, 0.3) is 0 Å². The van der Waals surface area contributed by atoms with Gasteiger partial charge in [0.1, 0.15) is 10.8 Å². The highest BCUT2D eigenvalue weighted by molar-refractivity contribution is 7.09. The van der Waals surface area contributed by atoms with E-state index in [2.05, 4.69) is 10.3 Å². The van der Waals surface area contributed by atoms with E-state index in [9.17, 15) is 9.18 Å². The highest BCUT2D eigenvalue weighted by Gasteiger charge is 2.21. The standard InChI is InChI=1S/C11H10FN3OS/c12-7-3-1-2-4-8(7)15-9(10(13)16)11-14-5-6-17-11/h1-6,9,15H,(H2,13,16). The van der Waals surface area contributed by atoms with Gasteiger partial charge in [0, 0.05) is 11.6 Å². The number of thiazole rings is 1. The van der Waals surface area contributed by atoms with E-state index in [4.69, 9.17) is 5.73 Å². The number of carbonyl (C=O) groups is 1. The van der Waals surface area contributed by atoms with Crippen molar-refractivity contribution in [3.63, 3.8) is 0 Å². The third kappa shape index (κ3) is 2.59. The van der Waals surface area contributed by atoms with Crippen LogP contribution in [0.1, 0.15) is 11.0 Å². The number of para-hydroxylation sites is 1. The Bertz CT molecular complexity index is 515. The molecule has 1 aromatic carbocycles. The Morgan fingerprint density at radius 1 is 1.47 bits per heavy atom. The molecule has 0 aliphatic carbocycles. The molecule has 6 heteroatoms. The topological polar surface area (TPSA) is 68.0 Å². The van der Waals surface area contributed by atoms with Crippen LogP contribution in [0.2, 0.25) is 0 Å². The van der Waals surface area contributed by atoms with Gasteiger partial charge in [0.25, 0.3) is 0 Å². The minimum Gasteiger partial charge on any atom is -0.368 e. The largest absolute Gasteiger partial charge is 0.368 e. The highest BCUT2D eigenvalue weighted by Crippen LogP contribution is 2.22. The summed E-state index contributed by atoms with van der Waals surface area (Å²) in [7, 11) is 0. The number of benzene rings is 1. The lowest BCUT2D eigenvalue weighted by Gasteiger charge is -2.14. The Morgan fingerprint density at radius 2 is 2.24 bits per heavy atom. The number of hydrogen-bond acceptors (Lipinski definition) is 4. The maximum absolute atomic E-state index is 13.4. The molecule has 1 aromatic heterocycles. The molecular weight excluding hydrogens is 241 g/mol. The third-order valence-electron chi connectivity index (χ3n) is 2.16. The molecule has 0 saturated heterocycles. The molecule has 17 heavy (non-hydrogen) atoms. The first kappa shape index (κ1) is 11.5. The van der Waals surface area contributed by atoms with Gasteiger partial charge in [-0.1, -0.05) is 12.1 Å². The molecular formula is C11H10FN3OS. The SMILES string of the molecule is NC(=O)C(Nc1ccccc1F)c1nccs1. The first-order chi connectivity index (χ1) is 8.18. The fourth-order valence-corrected chi connectivity index (χ4v) is 2.06. The number of nitrogens with two attached hydrogens (primary N) is 1. The van der Waals surface area contributed by atoms with Crippen molar-refractivity contribution in [2.45, 2.75) is 6.04 Å². The van der Waals surface area contributed by atoms with E-state index in [0.29, 0.717) is 5.01 Å². The van der Waals surface area contributed by atoms with Gasteiger partial charge in [-0.05, 0) is 12.1 Å². The van der Waals surface area contributed by atoms with Gasteiger partial charge in [-0.2, -0.15) is 0 Å². The number of hydrogen-bond donors (Lipinski definition) is 2. The summed E-state index contributed by atoms with van der Waals surface area (Å²) in [5.41, 5.74) is 5.50. The predicted molar refractivity (Wildman–Crippen MR) is 64.1 cm³/mol. The molecule has 0 aliphatic rings. The molecule has 0 spiro atoms. The minimum absolute atomic E-state index is 0.228. The lowest BCUT2D eigenvalue weighted by Crippen LogP contribution is -2.27. The number of rotatable bonds is 4. The number of amides is 1. The van der Waals surface area contributed by atoms with Crippen LogP contribution in [0.4, 0.5) is 10.1 Å². The van der Waals surface area contributed by atoms with Crippen LogP contribution >= 0.6 is 11.3 Å². The molecule has 1 atom stereocenters. The first-order valence-corrected chi connectivity index (χ1v) is 5.76. The number of carbonyl (C=O) groups excluding carboxylic acids is 1. The van der Waals surface area contributed by atoms with E-state index in [1.165, 1.54) is 17.4 Å². The number of nitrogens with zero attached hydrogens (tertiary/aromatic N) is 1. The quantitative estimate of drug-likeness (QED) is 0.872. The summed E-state index contributed by atoms with van der Waals surface area (Å²) in [5.74, 6) is -1.03. The van der Waals surface area contributed by atoms with Gasteiger partial charge >= 0.3 is 0 Å². The molecule has 1 heterocycles. The first-order valence-electron chi connectivity index (χ1n) is 4.88. The minimum atomic E-state index is -0.813. The second-order valence-electron chi connectivity index (χ2n) is 3.33. The van der Waals surface area contributed by atoms with Crippen molar-refractivity contribution < 1.29 is 9.18 Å². The van der Waals surface area contributed by atoms with Gasteiger partial charge in [-0.25, -0.2) is 9.37 Å². The van der Waals surface area contributed by atoms with Crippen LogP contribution in [0.3, 0.4) is 0 Å². The summed E-state index contributed by atoms with van der Waals surface area (Å²) in [5, 5.41) is 4.99. The van der Waals surface area contributed by atoms with Crippen molar-refractivity contribution in [1.29, 1.82) is 0 Å². The summed E-state index contributed by atoms with van der Waals surface area (Å²) < 4.78 is 13.4. The van der Waals surface area contributed by atoms with E-state index in [1.807, 2.05) is 0 Å². The monoisotopic (exact) mass is 251 g/mol. The zero-order valence-electron chi connectivity index (χ0n) is 8.76. The van der Waals surface area contributed by atoms with E-state index in [-0.39, 0.29) is 5.69 Å². The summed E-state index contributed by atoms with van der Waals surface area (Å²) in [6.45, 7) is 0. The van der Waals surface area contributed by atoms with Crippen molar-refractivity contribution in [3.05, 3.63) is 46.7 Å².